The van der Waals surface area contributed by atoms with E-state index in [1.54, 1.807) is 0 Å². The third-order valence-corrected chi connectivity index (χ3v) is 5.99. The van der Waals surface area contributed by atoms with Gasteiger partial charge in [0, 0.05) is 6.61 Å². The first-order valence-corrected chi connectivity index (χ1v) is 10.5. The standard InChI is InChI=1S/C16H26O3Si/c1-4-5-11-20(2,3)19-13-15(16(17)18)12-14-9-7-6-8-10-14/h6-10,15H,4-5,11-13H2,1-3H3,(H,17,18). The van der Waals surface area contributed by atoms with Crippen LogP contribution in [0.25, 0.3) is 0 Å². The Bertz CT molecular complexity index is 403. The molecular formula is C16H26O3Si. The van der Waals surface area contributed by atoms with Crippen LogP contribution in [0.2, 0.25) is 19.1 Å². The first-order valence-electron chi connectivity index (χ1n) is 7.35. The van der Waals surface area contributed by atoms with Crippen LogP contribution in [-0.4, -0.2) is 26.0 Å². The van der Waals surface area contributed by atoms with Gasteiger partial charge in [-0.1, -0.05) is 50.1 Å². The molecule has 112 valence electrons. The number of hydrogen-bond donors (Lipinski definition) is 1. The Morgan fingerprint density at radius 1 is 1.30 bits per heavy atom. The lowest BCUT2D eigenvalue weighted by atomic mass is 10.0. The quantitative estimate of drug-likeness (QED) is 0.701. The van der Waals surface area contributed by atoms with E-state index >= 15 is 0 Å². The van der Waals surface area contributed by atoms with Gasteiger partial charge in [0.15, 0.2) is 8.32 Å². The Labute approximate surface area is 123 Å². The molecule has 20 heavy (non-hydrogen) atoms. The SMILES string of the molecule is CCCC[Si](C)(C)OCC(Cc1ccccc1)C(=O)O. The van der Waals surface area contributed by atoms with Gasteiger partial charge >= 0.3 is 5.97 Å². The molecule has 3 nitrogen and oxygen atoms in total. The molecule has 0 fully saturated rings. The molecule has 0 amide bonds. The summed E-state index contributed by atoms with van der Waals surface area (Å²) in [5.74, 6) is -1.22. The number of carboxylic acids is 1. The van der Waals surface area contributed by atoms with Crippen molar-refractivity contribution in [3.05, 3.63) is 35.9 Å². The zero-order valence-corrected chi connectivity index (χ0v) is 13.8. The number of hydrogen-bond acceptors (Lipinski definition) is 2. The zero-order chi connectivity index (χ0) is 15.0. The van der Waals surface area contributed by atoms with Crippen molar-refractivity contribution in [3.63, 3.8) is 0 Å². The monoisotopic (exact) mass is 294 g/mol. The number of carbonyl (C=O) groups is 1. The Morgan fingerprint density at radius 2 is 1.95 bits per heavy atom. The highest BCUT2D eigenvalue weighted by atomic mass is 28.4. The molecule has 0 saturated heterocycles. The molecule has 0 aliphatic heterocycles. The minimum Gasteiger partial charge on any atom is -0.481 e. The first kappa shape index (κ1) is 16.9. The van der Waals surface area contributed by atoms with E-state index in [1.165, 1.54) is 0 Å². The summed E-state index contributed by atoms with van der Waals surface area (Å²) in [7, 11) is -1.71. The van der Waals surface area contributed by atoms with E-state index in [1.807, 2.05) is 30.3 Å². The van der Waals surface area contributed by atoms with Crippen molar-refractivity contribution in [2.75, 3.05) is 6.61 Å². The van der Waals surface area contributed by atoms with Gasteiger partial charge in [-0.05, 0) is 31.1 Å². The van der Waals surface area contributed by atoms with E-state index in [0.29, 0.717) is 13.0 Å². The Balaban J connectivity index is 2.53. The Hall–Kier alpha value is -1.13. The van der Waals surface area contributed by atoms with Gasteiger partial charge in [0.05, 0.1) is 5.92 Å². The van der Waals surface area contributed by atoms with E-state index in [4.69, 9.17) is 4.43 Å². The van der Waals surface area contributed by atoms with Crippen molar-refractivity contribution in [2.24, 2.45) is 5.92 Å². The summed E-state index contributed by atoms with van der Waals surface area (Å²) in [6.45, 7) is 6.83. The van der Waals surface area contributed by atoms with E-state index in [-0.39, 0.29) is 0 Å². The highest BCUT2D eigenvalue weighted by Crippen LogP contribution is 2.18. The molecule has 0 radical (unpaired) electrons. The summed E-state index contributed by atoms with van der Waals surface area (Å²) in [5.41, 5.74) is 1.05. The zero-order valence-electron chi connectivity index (χ0n) is 12.8. The lowest BCUT2D eigenvalue weighted by molar-refractivity contribution is -0.142. The van der Waals surface area contributed by atoms with Crippen LogP contribution in [-0.2, 0) is 15.6 Å². The van der Waals surface area contributed by atoms with Crippen LogP contribution >= 0.6 is 0 Å². The van der Waals surface area contributed by atoms with Crippen molar-refractivity contribution >= 4 is 14.3 Å². The Morgan fingerprint density at radius 3 is 2.50 bits per heavy atom. The van der Waals surface area contributed by atoms with Gasteiger partial charge in [-0.25, -0.2) is 0 Å². The summed E-state index contributed by atoms with van der Waals surface area (Å²) < 4.78 is 5.99. The summed E-state index contributed by atoms with van der Waals surface area (Å²) in [6.07, 6.45) is 2.86. The highest BCUT2D eigenvalue weighted by Gasteiger charge is 2.26. The highest BCUT2D eigenvalue weighted by molar-refractivity contribution is 6.71. The van der Waals surface area contributed by atoms with Crippen LogP contribution in [0.4, 0.5) is 0 Å². The summed E-state index contributed by atoms with van der Waals surface area (Å²) >= 11 is 0. The van der Waals surface area contributed by atoms with Crippen molar-refractivity contribution in [2.45, 2.75) is 45.3 Å². The average Bonchev–Trinajstić information content (AvgIpc) is 2.42. The van der Waals surface area contributed by atoms with Crippen LogP contribution < -0.4 is 0 Å². The molecule has 0 heterocycles. The van der Waals surface area contributed by atoms with Gasteiger partial charge < -0.3 is 9.53 Å². The molecule has 0 bridgehead atoms. The minimum absolute atomic E-state index is 0.327. The fourth-order valence-electron chi connectivity index (χ4n) is 2.12. The van der Waals surface area contributed by atoms with E-state index in [0.717, 1.165) is 24.4 Å². The molecule has 0 aromatic heterocycles. The third-order valence-electron chi connectivity index (χ3n) is 3.48. The van der Waals surface area contributed by atoms with Crippen molar-refractivity contribution in [3.8, 4) is 0 Å². The van der Waals surface area contributed by atoms with Crippen molar-refractivity contribution in [1.82, 2.24) is 0 Å². The lowest BCUT2D eigenvalue weighted by Gasteiger charge is -2.25. The Kier molecular flexibility index (Phi) is 6.95. The fourth-order valence-corrected chi connectivity index (χ4v) is 4.12. The van der Waals surface area contributed by atoms with Crippen LogP contribution in [0.5, 0.6) is 0 Å². The molecule has 1 atom stereocenters. The molecule has 1 rings (SSSR count). The predicted molar refractivity (Wildman–Crippen MR) is 84.4 cm³/mol. The van der Waals surface area contributed by atoms with E-state index < -0.39 is 20.2 Å². The van der Waals surface area contributed by atoms with Crippen LogP contribution in [0.15, 0.2) is 30.3 Å². The van der Waals surface area contributed by atoms with Crippen molar-refractivity contribution in [1.29, 1.82) is 0 Å². The average molecular weight is 294 g/mol. The predicted octanol–water partition coefficient (Wildman–Crippen LogP) is 3.95. The molecular weight excluding hydrogens is 268 g/mol. The topological polar surface area (TPSA) is 46.5 Å². The second-order valence-corrected chi connectivity index (χ2v) is 10.2. The molecule has 0 saturated carbocycles. The number of rotatable bonds is 9. The maximum atomic E-state index is 11.4. The van der Waals surface area contributed by atoms with Crippen LogP contribution in [0.1, 0.15) is 25.3 Å². The van der Waals surface area contributed by atoms with Gasteiger partial charge in [-0.3, -0.25) is 4.79 Å². The molecule has 0 aliphatic rings. The van der Waals surface area contributed by atoms with E-state index in [2.05, 4.69) is 20.0 Å². The first-order chi connectivity index (χ1) is 9.44. The molecule has 1 unspecified atom stereocenters. The number of carboxylic acid groups (broad SMARTS) is 1. The fraction of sp³-hybridized carbons (Fsp3) is 0.562. The number of unbranched alkanes of at least 4 members (excludes halogenated alkanes) is 1. The largest absolute Gasteiger partial charge is 0.481 e. The van der Waals surface area contributed by atoms with Crippen LogP contribution in [0.3, 0.4) is 0 Å². The van der Waals surface area contributed by atoms with Gasteiger partial charge in [-0.2, -0.15) is 0 Å². The van der Waals surface area contributed by atoms with Gasteiger partial charge in [0.25, 0.3) is 0 Å². The van der Waals surface area contributed by atoms with Gasteiger partial charge in [-0.15, -0.1) is 0 Å². The second-order valence-electron chi connectivity index (χ2n) is 5.90. The summed E-state index contributed by atoms with van der Waals surface area (Å²) in [5, 5.41) is 9.34. The number of benzene rings is 1. The maximum Gasteiger partial charge on any atom is 0.309 e. The maximum absolute atomic E-state index is 11.4. The molecule has 1 aromatic carbocycles. The van der Waals surface area contributed by atoms with E-state index in [9.17, 15) is 9.90 Å². The number of aliphatic carboxylic acids is 1. The molecule has 1 N–H and O–H groups in total. The molecule has 1 aromatic rings. The summed E-state index contributed by atoms with van der Waals surface area (Å²) in [4.78, 5) is 11.4. The molecule has 0 aliphatic carbocycles. The third kappa shape index (κ3) is 6.35. The summed E-state index contributed by atoms with van der Waals surface area (Å²) in [6, 6.07) is 10.9. The molecule has 0 spiro atoms. The normalized spacial score (nSPS) is 13.2. The van der Waals surface area contributed by atoms with Gasteiger partial charge in [0.2, 0.25) is 0 Å². The van der Waals surface area contributed by atoms with Crippen LogP contribution in [0, 0.1) is 5.92 Å². The molecule has 4 heteroatoms. The minimum atomic E-state index is -1.71. The van der Waals surface area contributed by atoms with Gasteiger partial charge in [0.1, 0.15) is 0 Å². The smallest absolute Gasteiger partial charge is 0.309 e. The second kappa shape index (κ2) is 8.22. The van der Waals surface area contributed by atoms with Crippen molar-refractivity contribution < 1.29 is 14.3 Å². The lowest BCUT2D eigenvalue weighted by Crippen LogP contribution is -2.34.